The molecule has 17 heavy (non-hydrogen) atoms. The van der Waals surface area contributed by atoms with E-state index in [1.165, 1.54) is 5.56 Å². The monoisotopic (exact) mass is 293 g/mol. The van der Waals surface area contributed by atoms with E-state index >= 15 is 0 Å². The second-order valence-electron chi connectivity index (χ2n) is 4.15. The van der Waals surface area contributed by atoms with Crippen LogP contribution in [0.5, 0.6) is 0 Å². The predicted octanol–water partition coefficient (Wildman–Crippen LogP) is 4.43. The fourth-order valence-corrected chi connectivity index (χ4v) is 2.20. The van der Waals surface area contributed by atoms with Crippen molar-refractivity contribution in [3.05, 3.63) is 46.1 Å². The summed E-state index contributed by atoms with van der Waals surface area (Å²) in [6, 6.07) is 10.0. The number of rotatable bonds is 3. The van der Waals surface area contributed by atoms with Crippen LogP contribution in [-0.2, 0) is 0 Å². The molecule has 1 unspecified atom stereocenters. The smallest absolute Gasteiger partial charge is 0.135 e. The highest BCUT2D eigenvalue weighted by Crippen LogP contribution is 2.33. The summed E-state index contributed by atoms with van der Waals surface area (Å²) in [6.45, 7) is 4.12. The van der Waals surface area contributed by atoms with Gasteiger partial charge in [-0.05, 0) is 47.0 Å². The van der Waals surface area contributed by atoms with Crippen molar-refractivity contribution >= 4 is 15.9 Å². The van der Waals surface area contributed by atoms with Crippen LogP contribution in [0, 0.1) is 6.92 Å². The Morgan fingerprint density at radius 3 is 2.76 bits per heavy atom. The van der Waals surface area contributed by atoms with Crippen LogP contribution in [0.2, 0.25) is 0 Å². The Hall–Kier alpha value is -1.06. The quantitative estimate of drug-likeness (QED) is 0.909. The van der Waals surface area contributed by atoms with Crippen molar-refractivity contribution in [1.29, 1.82) is 0 Å². The Balaban J connectivity index is 2.40. The van der Waals surface area contributed by atoms with Crippen molar-refractivity contribution in [2.45, 2.75) is 26.3 Å². The standard InChI is InChI=1S/C14H16BrNO/c1-3-11(16)13-8-7-12(17-13)10-6-4-5-9(2)14(10)15/h4-8,11H,3,16H2,1-2H3. The fourth-order valence-electron chi connectivity index (χ4n) is 1.74. The molecule has 1 aromatic heterocycles. The first-order valence-electron chi connectivity index (χ1n) is 5.74. The van der Waals surface area contributed by atoms with E-state index in [1.54, 1.807) is 0 Å². The molecule has 0 radical (unpaired) electrons. The number of halogens is 1. The summed E-state index contributed by atoms with van der Waals surface area (Å²) < 4.78 is 6.88. The molecule has 2 nitrogen and oxygen atoms in total. The zero-order valence-corrected chi connectivity index (χ0v) is 11.6. The van der Waals surface area contributed by atoms with Gasteiger partial charge in [0.25, 0.3) is 0 Å². The molecular formula is C14H16BrNO. The predicted molar refractivity (Wildman–Crippen MR) is 73.8 cm³/mol. The van der Waals surface area contributed by atoms with Gasteiger partial charge in [0.15, 0.2) is 0 Å². The van der Waals surface area contributed by atoms with E-state index in [0.717, 1.165) is 28.0 Å². The fraction of sp³-hybridized carbons (Fsp3) is 0.286. The van der Waals surface area contributed by atoms with Gasteiger partial charge in [-0.1, -0.05) is 25.1 Å². The first kappa shape index (κ1) is 12.4. The Morgan fingerprint density at radius 1 is 1.29 bits per heavy atom. The van der Waals surface area contributed by atoms with Gasteiger partial charge in [0.1, 0.15) is 11.5 Å². The summed E-state index contributed by atoms with van der Waals surface area (Å²) in [5.74, 6) is 1.70. The third-order valence-electron chi connectivity index (χ3n) is 2.89. The zero-order valence-electron chi connectivity index (χ0n) is 10.0. The number of aryl methyl sites for hydroxylation is 1. The lowest BCUT2D eigenvalue weighted by molar-refractivity contribution is 0.470. The van der Waals surface area contributed by atoms with E-state index in [0.29, 0.717) is 0 Å². The Labute approximate surface area is 110 Å². The molecule has 2 N–H and O–H groups in total. The van der Waals surface area contributed by atoms with E-state index in [4.69, 9.17) is 10.2 Å². The molecule has 1 heterocycles. The molecule has 0 saturated heterocycles. The lowest BCUT2D eigenvalue weighted by Crippen LogP contribution is -2.06. The SMILES string of the molecule is CCC(N)c1ccc(-c2cccc(C)c2Br)o1. The van der Waals surface area contributed by atoms with Gasteiger partial charge in [-0.3, -0.25) is 0 Å². The minimum Gasteiger partial charge on any atom is -0.459 e. The molecule has 0 fully saturated rings. The molecule has 0 aliphatic carbocycles. The number of benzene rings is 1. The second-order valence-corrected chi connectivity index (χ2v) is 4.95. The molecule has 0 amide bonds. The Morgan fingerprint density at radius 2 is 2.06 bits per heavy atom. The van der Waals surface area contributed by atoms with Gasteiger partial charge in [-0.15, -0.1) is 0 Å². The molecular weight excluding hydrogens is 278 g/mol. The van der Waals surface area contributed by atoms with Crippen molar-refractivity contribution in [3.63, 3.8) is 0 Å². The van der Waals surface area contributed by atoms with Gasteiger partial charge in [0.05, 0.1) is 6.04 Å². The van der Waals surface area contributed by atoms with Crippen LogP contribution in [0.15, 0.2) is 39.2 Å². The molecule has 3 heteroatoms. The van der Waals surface area contributed by atoms with Crippen LogP contribution in [0.3, 0.4) is 0 Å². The summed E-state index contributed by atoms with van der Waals surface area (Å²) in [6.07, 6.45) is 0.877. The van der Waals surface area contributed by atoms with Gasteiger partial charge in [-0.25, -0.2) is 0 Å². The van der Waals surface area contributed by atoms with Gasteiger partial charge < -0.3 is 10.2 Å². The summed E-state index contributed by atoms with van der Waals surface area (Å²) in [7, 11) is 0. The minimum absolute atomic E-state index is 0.0210. The maximum Gasteiger partial charge on any atom is 0.135 e. The summed E-state index contributed by atoms with van der Waals surface area (Å²) in [4.78, 5) is 0. The first-order valence-corrected chi connectivity index (χ1v) is 6.53. The molecule has 1 aromatic carbocycles. The zero-order chi connectivity index (χ0) is 12.4. The first-order chi connectivity index (χ1) is 8.13. The van der Waals surface area contributed by atoms with E-state index in [2.05, 4.69) is 35.8 Å². The van der Waals surface area contributed by atoms with Crippen LogP contribution >= 0.6 is 15.9 Å². The molecule has 0 saturated carbocycles. The second kappa shape index (κ2) is 5.07. The van der Waals surface area contributed by atoms with Crippen LogP contribution in [0.1, 0.15) is 30.7 Å². The van der Waals surface area contributed by atoms with E-state index in [9.17, 15) is 0 Å². The largest absolute Gasteiger partial charge is 0.459 e. The topological polar surface area (TPSA) is 39.2 Å². The van der Waals surface area contributed by atoms with Crippen LogP contribution < -0.4 is 5.73 Å². The van der Waals surface area contributed by atoms with Crippen molar-refractivity contribution in [3.8, 4) is 11.3 Å². The lowest BCUT2D eigenvalue weighted by atomic mass is 10.1. The van der Waals surface area contributed by atoms with Gasteiger partial charge in [-0.2, -0.15) is 0 Å². The number of hydrogen-bond acceptors (Lipinski definition) is 2. The van der Waals surface area contributed by atoms with Crippen LogP contribution in [0.25, 0.3) is 11.3 Å². The number of hydrogen-bond donors (Lipinski definition) is 1. The van der Waals surface area contributed by atoms with E-state index < -0.39 is 0 Å². The molecule has 90 valence electrons. The molecule has 0 spiro atoms. The van der Waals surface area contributed by atoms with Gasteiger partial charge >= 0.3 is 0 Å². The van der Waals surface area contributed by atoms with Gasteiger partial charge in [0, 0.05) is 10.0 Å². The van der Waals surface area contributed by atoms with Crippen molar-refractivity contribution in [1.82, 2.24) is 0 Å². The van der Waals surface area contributed by atoms with Gasteiger partial charge in [0.2, 0.25) is 0 Å². The molecule has 0 aliphatic heterocycles. The number of furan rings is 1. The Bertz CT molecular complexity index is 519. The molecule has 0 aliphatic rings. The van der Waals surface area contributed by atoms with Crippen molar-refractivity contribution in [2.75, 3.05) is 0 Å². The molecule has 2 aromatic rings. The van der Waals surface area contributed by atoms with Crippen LogP contribution in [-0.4, -0.2) is 0 Å². The highest BCUT2D eigenvalue weighted by molar-refractivity contribution is 9.10. The number of nitrogens with two attached hydrogens (primary N) is 1. The van der Waals surface area contributed by atoms with E-state index in [-0.39, 0.29) is 6.04 Å². The van der Waals surface area contributed by atoms with Crippen molar-refractivity contribution < 1.29 is 4.42 Å². The summed E-state index contributed by atoms with van der Waals surface area (Å²) in [5, 5.41) is 0. The summed E-state index contributed by atoms with van der Waals surface area (Å²) in [5.41, 5.74) is 8.21. The van der Waals surface area contributed by atoms with Crippen molar-refractivity contribution in [2.24, 2.45) is 5.73 Å². The average Bonchev–Trinajstić information content (AvgIpc) is 2.81. The maximum absolute atomic E-state index is 5.95. The highest BCUT2D eigenvalue weighted by atomic mass is 79.9. The average molecular weight is 294 g/mol. The third kappa shape index (κ3) is 2.45. The Kier molecular flexibility index (Phi) is 3.69. The maximum atomic E-state index is 5.95. The summed E-state index contributed by atoms with van der Waals surface area (Å²) >= 11 is 3.59. The third-order valence-corrected chi connectivity index (χ3v) is 3.94. The van der Waals surface area contributed by atoms with E-state index in [1.807, 2.05) is 24.3 Å². The molecule has 0 bridgehead atoms. The minimum atomic E-state index is -0.0210. The van der Waals surface area contributed by atoms with Crippen LogP contribution in [0.4, 0.5) is 0 Å². The molecule has 1 atom stereocenters. The molecule has 2 rings (SSSR count). The normalized spacial score (nSPS) is 12.7. The lowest BCUT2D eigenvalue weighted by Gasteiger charge is -2.06. The highest BCUT2D eigenvalue weighted by Gasteiger charge is 2.12.